The first-order chi connectivity index (χ1) is 7.66. The molecule has 0 bridgehead atoms. The van der Waals surface area contributed by atoms with Crippen molar-refractivity contribution >= 4 is 5.78 Å². The van der Waals surface area contributed by atoms with Gasteiger partial charge < -0.3 is 9.47 Å². The van der Waals surface area contributed by atoms with Gasteiger partial charge in [-0.1, -0.05) is 6.07 Å². The van der Waals surface area contributed by atoms with Crippen LogP contribution in [0.2, 0.25) is 0 Å². The highest BCUT2D eigenvalue weighted by Gasteiger charge is 2.13. The summed E-state index contributed by atoms with van der Waals surface area (Å²) < 4.78 is 23.7. The molecule has 4 heteroatoms. The summed E-state index contributed by atoms with van der Waals surface area (Å²) >= 11 is 0. The molecule has 0 heterocycles. The van der Waals surface area contributed by atoms with Crippen LogP contribution in [-0.4, -0.2) is 25.6 Å². The summed E-state index contributed by atoms with van der Waals surface area (Å²) in [6, 6.07) is 4.33. The Kier molecular flexibility index (Phi) is 4.92. The number of ether oxygens (including phenoxy) is 2. The van der Waals surface area contributed by atoms with Crippen molar-refractivity contribution in [3.05, 3.63) is 29.6 Å². The second-order valence-corrected chi connectivity index (χ2v) is 3.21. The Balaban J connectivity index is 2.71. The number of ketones is 1. The zero-order valence-corrected chi connectivity index (χ0v) is 9.46. The van der Waals surface area contributed by atoms with E-state index in [0.717, 1.165) is 0 Å². The summed E-state index contributed by atoms with van der Waals surface area (Å²) in [7, 11) is 0. The fourth-order valence-electron chi connectivity index (χ4n) is 1.32. The van der Waals surface area contributed by atoms with Gasteiger partial charge in [0, 0.05) is 6.61 Å². The van der Waals surface area contributed by atoms with Gasteiger partial charge in [0.2, 0.25) is 0 Å². The Morgan fingerprint density at radius 2 is 2.12 bits per heavy atom. The number of halogens is 1. The van der Waals surface area contributed by atoms with Crippen LogP contribution in [0.1, 0.15) is 24.2 Å². The van der Waals surface area contributed by atoms with Crippen LogP contribution >= 0.6 is 0 Å². The lowest BCUT2D eigenvalue weighted by molar-refractivity contribution is 0.0985. The third kappa shape index (κ3) is 3.31. The zero-order chi connectivity index (χ0) is 12.0. The fraction of sp³-hybridized carbons (Fsp3) is 0.417. The lowest BCUT2D eigenvalue weighted by atomic mass is 10.1. The number of hydrogen-bond donors (Lipinski definition) is 0. The molecule has 3 nitrogen and oxygen atoms in total. The Morgan fingerprint density at radius 3 is 2.75 bits per heavy atom. The molecule has 0 spiro atoms. The van der Waals surface area contributed by atoms with Gasteiger partial charge >= 0.3 is 0 Å². The second kappa shape index (κ2) is 6.23. The van der Waals surface area contributed by atoms with E-state index in [0.29, 0.717) is 19.8 Å². The number of hydrogen-bond acceptors (Lipinski definition) is 3. The van der Waals surface area contributed by atoms with Gasteiger partial charge in [0.1, 0.15) is 18.2 Å². The molecule has 0 saturated carbocycles. The summed E-state index contributed by atoms with van der Waals surface area (Å²) in [5.74, 6) is -0.627. The number of carbonyl (C=O) groups excluding carboxylic acids is 1. The van der Waals surface area contributed by atoms with Crippen molar-refractivity contribution in [2.45, 2.75) is 13.8 Å². The summed E-state index contributed by atoms with van der Waals surface area (Å²) in [6.07, 6.45) is 0. The highest BCUT2D eigenvalue weighted by Crippen LogP contribution is 2.21. The second-order valence-electron chi connectivity index (χ2n) is 3.21. The van der Waals surface area contributed by atoms with Crippen molar-refractivity contribution in [1.82, 2.24) is 0 Å². The molecule has 0 aliphatic heterocycles. The van der Waals surface area contributed by atoms with Crippen LogP contribution in [0.4, 0.5) is 4.39 Å². The quantitative estimate of drug-likeness (QED) is 0.552. The molecule has 0 aromatic heterocycles. The van der Waals surface area contributed by atoms with E-state index in [4.69, 9.17) is 9.47 Å². The molecular weight excluding hydrogens is 211 g/mol. The first kappa shape index (κ1) is 12.6. The van der Waals surface area contributed by atoms with Gasteiger partial charge in [0.15, 0.2) is 5.78 Å². The number of benzene rings is 1. The molecule has 0 saturated heterocycles. The number of carbonyl (C=O) groups is 1. The van der Waals surface area contributed by atoms with E-state index in [9.17, 15) is 9.18 Å². The molecule has 0 aliphatic carbocycles. The summed E-state index contributed by atoms with van der Waals surface area (Å²) in [5.41, 5.74) is -0.000927. The Hall–Kier alpha value is -1.42. The smallest absolute Gasteiger partial charge is 0.166 e. The molecule has 0 atom stereocenters. The first-order valence-electron chi connectivity index (χ1n) is 5.16. The fourth-order valence-corrected chi connectivity index (χ4v) is 1.32. The van der Waals surface area contributed by atoms with Crippen LogP contribution < -0.4 is 4.74 Å². The molecule has 16 heavy (non-hydrogen) atoms. The van der Waals surface area contributed by atoms with Crippen LogP contribution in [0.25, 0.3) is 0 Å². The van der Waals surface area contributed by atoms with Gasteiger partial charge in [0.05, 0.1) is 12.2 Å². The summed E-state index contributed by atoms with van der Waals surface area (Å²) in [5, 5.41) is 0. The molecule has 0 aliphatic rings. The lowest BCUT2D eigenvalue weighted by Gasteiger charge is -2.10. The third-order valence-corrected chi connectivity index (χ3v) is 2.02. The Labute approximate surface area is 94.2 Å². The summed E-state index contributed by atoms with van der Waals surface area (Å²) in [4.78, 5) is 11.2. The topological polar surface area (TPSA) is 35.5 Å². The minimum atomic E-state index is -0.554. The predicted molar refractivity (Wildman–Crippen MR) is 58.4 cm³/mol. The zero-order valence-electron chi connectivity index (χ0n) is 9.46. The van der Waals surface area contributed by atoms with Gasteiger partial charge in [-0.2, -0.15) is 0 Å². The van der Waals surface area contributed by atoms with Gasteiger partial charge in [-0.15, -0.1) is 0 Å². The van der Waals surface area contributed by atoms with Gasteiger partial charge in [-0.3, -0.25) is 4.79 Å². The largest absolute Gasteiger partial charge is 0.490 e. The van der Waals surface area contributed by atoms with E-state index in [1.54, 1.807) is 6.07 Å². The minimum absolute atomic E-state index is 0.000927. The first-order valence-corrected chi connectivity index (χ1v) is 5.16. The average molecular weight is 226 g/mol. The number of rotatable bonds is 6. The standard InChI is InChI=1S/C12H15FO3/c1-3-15-7-8-16-11-6-4-5-10(13)12(11)9(2)14/h4-6H,3,7-8H2,1-2H3. The molecule has 1 aromatic rings. The maximum atomic E-state index is 13.3. The predicted octanol–water partition coefficient (Wildman–Crippen LogP) is 2.44. The van der Waals surface area contributed by atoms with E-state index >= 15 is 0 Å². The monoisotopic (exact) mass is 226 g/mol. The molecule has 0 unspecified atom stereocenters. The molecule has 0 amide bonds. The van der Waals surface area contributed by atoms with Crippen molar-refractivity contribution in [2.75, 3.05) is 19.8 Å². The molecule has 1 aromatic carbocycles. The third-order valence-electron chi connectivity index (χ3n) is 2.02. The van der Waals surface area contributed by atoms with Crippen LogP contribution in [0.3, 0.4) is 0 Å². The maximum Gasteiger partial charge on any atom is 0.166 e. The van der Waals surface area contributed by atoms with Crippen LogP contribution in [0, 0.1) is 5.82 Å². The van der Waals surface area contributed by atoms with Crippen LogP contribution in [-0.2, 0) is 4.74 Å². The highest BCUT2D eigenvalue weighted by molar-refractivity contribution is 5.97. The molecule has 88 valence electrons. The van der Waals surface area contributed by atoms with E-state index < -0.39 is 5.82 Å². The Bertz CT molecular complexity index is 363. The average Bonchev–Trinajstić information content (AvgIpc) is 2.24. The lowest BCUT2D eigenvalue weighted by Crippen LogP contribution is -2.09. The molecule has 0 N–H and O–H groups in total. The van der Waals surface area contributed by atoms with Crippen molar-refractivity contribution < 1.29 is 18.7 Å². The van der Waals surface area contributed by atoms with E-state index in [1.165, 1.54) is 19.1 Å². The summed E-state index contributed by atoms with van der Waals surface area (Å²) in [6.45, 7) is 4.52. The van der Waals surface area contributed by atoms with Crippen LogP contribution in [0.15, 0.2) is 18.2 Å². The van der Waals surface area contributed by atoms with Crippen LogP contribution in [0.5, 0.6) is 5.75 Å². The maximum absolute atomic E-state index is 13.3. The normalized spacial score (nSPS) is 10.2. The van der Waals surface area contributed by atoms with E-state index in [-0.39, 0.29) is 17.1 Å². The molecule has 0 fully saturated rings. The van der Waals surface area contributed by atoms with Crippen molar-refractivity contribution in [1.29, 1.82) is 0 Å². The number of Topliss-reactive ketones (excluding diaryl/α,β-unsaturated/α-hetero) is 1. The molecule has 1 rings (SSSR count). The van der Waals surface area contributed by atoms with Crippen molar-refractivity contribution in [3.8, 4) is 5.75 Å². The van der Waals surface area contributed by atoms with Crippen molar-refractivity contribution in [2.24, 2.45) is 0 Å². The van der Waals surface area contributed by atoms with Crippen molar-refractivity contribution in [3.63, 3.8) is 0 Å². The van der Waals surface area contributed by atoms with E-state index in [2.05, 4.69) is 0 Å². The SMILES string of the molecule is CCOCCOc1cccc(F)c1C(C)=O. The minimum Gasteiger partial charge on any atom is -0.490 e. The molecular formula is C12H15FO3. The van der Waals surface area contributed by atoms with E-state index in [1.807, 2.05) is 6.92 Å². The van der Waals surface area contributed by atoms with Gasteiger partial charge in [-0.05, 0) is 26.0 Å². The van der Waals surface area contributed by atoms with Gasteiger partial charge in [-0.25, -0.2) is 4.39 Å². The molecule has 0 radical (unpaired) electrons. The highest BCUT2D eigenvalue weighted by atomic mass is 19.1. The Morgan fingerprint density at radius 1 is 1.38 bits per heavy atom. The van der Waals surface area contributed by atoms with Gasteiger partial charge in [0.25, 0.3) is 0 Å².